The van der Waals surface area contributed by atoms with Crippen molar-refractivity contribution in [1.82, 2.24) is 15.1 Å². The Balaban J connectivity index is 4.49. The highest BCUT2D eigenvalue weighted by Gasteiger charge is 2.35. The van der Waals surface area contributed by atoms with Crippen molar-refractivity contribution in [1.29, 1.82) is 0 Å². The maximum Gasteiger partial charge on any atom is 0.323 e. The molecule has 0 heterocycles. The van der Waals surface area contributed by atoms with Gasteiger partial charge in [-0.05, 0) is 59.9 Å². The number of carbonyl (C=O) groups is 1. The van der Waals surface area contributed by atoms with E-state index in [1.807, 2.05) is 13.8 Å². The van der Waals surface area contributed by atoms with Crippen LogP contribution in [0, 0.1) is 0 Å². The molecule has 0 rings (SSSR count). The quantitative estimate of drug-likeness (QED) is 0.576. The zero-order chi connectivity index (χ0) is 16.5. The summed E-state index contributed by atoms with van der Waals surface area (Å²) in [7, 11) is 4.17. The van der Waals surface area contributed by atoms with Crippen molar-refractivity contribution in [3.05, 3.63) is 0 Å². The molecule has 0 saturated carbocycles. The third-order valence-corrected chi connectivity index (χ3v) is 4.24. The van der Waals surface area contributed by atoms with Crippen molar-refractivity contribution in [3.8, 4) is 0 Å². The molecular formula is C16H35N3O2. The predicted octanol–water partition coefficient (Wildman–Crippen LogP) is 1.88. The van der Waals surface area contributed by atoms with Crippen LogP contribution >= 0.6 is 0 Å². The highest BCUT2D eigenvalue weighted by Crippen LogP contribution is 2.19. The smallest absolute Gasteiger partial charge is 0.323 e. The van der Waals surface area contributed by atoms with Gasteiger partial charge in [0.15, 0.2) is 0 Å². The molecule has 0 amide bonds. The largest absolute Gasteiger partial charge is 0.480 e. The number of nitrogens with one attached hydrogen (secondary N) is 1. The average Bonchev–Trinajstić information content (AvgIpc) is 2.41. The van der Waals surface area contributed by atoms with E-state index in [-0.39, 0.29) is 0 Å². The fraction of sp³-hybridized carbons (Fsp3) is 0.938. The van der Waals surface area contributed by atoms with Gasteiger partial charge >= 0.3 is 5.97 Å². The second-order valence-corrected chi connectivity index (χ2v) is 6.11. The lowest BCUT2D eigenvalue weighted by Crippen LogP contribution is -2.52. The van der Waals surface area contributed by atoms with Gasteiger partial charge in [-0.2, -0.15) is 0 Å². The monoisotopic (exact) mass is 301 g/mol. The van der Waals surface area contributed by atoms with Crippen molar-refractivity contribution in [2.24, 2.45) is 0 Å². The third kappa shape index (κ3) is 6.76. The molecule has 0 radical (unpaired) electrons. The van der Waals surface area contributed by atoms with Crippen LogP contribution < -0.4 is 5.32 Å². The number of hydrogen-bond acceptors (Lipinski definition) is 4. The number of carboxylic acid groups (broad SMARTS) is 1. The molecule has 0 fully saturated rings. The fourth-order valence-electron chi connectivity index (χ4n) is 2.98. The van der Waals surface area contributed by atoms with Crippen LogP contribution in [0.15, 0.2) is 0 Å². The van der Waals surface area contributed by atoms with E-state index < -0.39 is 11.5 Å². The maximum atomic E-state index is 11.6. The normalized spacial score (nSPS) is 16.2. The summed E-state index contributed by atoms with van der Waals surface area (Å²) in [5, 5.41) is 12.7. The molecular weight excluding hydrogens is 266 g/mol. The summed E-state index contributed by atoms with van der Waals surface area (Å²) in [4.78, 5) is 16.2. The van der Waals surface area contributed by atoms with Crippen LogP contribution in [-0.2, 0) is 4.79 Å². The minimum atomic E-state index is -0.765. The van der Waals surface area contributed by atoms with E-state index in [4.69, 9.17) is 0 Å². The van der Waals surface area contributed by atoms with Crippen molar-refractivity contribution in [2.45, 2.75) is 58.5 Å². The Kier molecular flexibility index (Phi) is 9.83. The Hall–Kier alpha value is -0.650. The van der Waals surface area contributed by atoms with Crippen LogP contribution in [0.25, 0.3) is 0 Å². The lowest BCUT2D eigenvalue weighted by molar-refractivity contribution is -0.145. The molecule has 5 nitrogen and oxygen atoms in total. The minimum absolute atomic E-state index is 0.491. The maximum absolute atomic E-state index is 11.6. The summed E-state index contributed by atoms with van der Waals surface area (Å²) in [5.41, 5.74) is -0.765. The number of rotatable bonds is 12. The topological polar surface area (TPSA) is 55.8 Å². The van der Waals surface area contributed by atoms with Gasteiger partial charge in [0.1, 0.15) is 5.54 Å². The minimum Gasteiger partial charge on any atom is -0.480 e. The van der Waals surface area contributed by atoms with E-state index in [0.717, 1.165) is 26.1 Å². The Morgan fingerprint density at radius 2 is 1.90 bits per heavy atom. The molecule has 0 aromatic heterocycles. The first-order valence-corrected chi connectivity index (χ1v) is 8.20. The van der Waals surface area contributed by atoms with Crippen LogP contribution in [-0.4, -0.2) is 72.7 Å². The summed E-state index contributed by atoms with van der Waals surface area (Å²) >= 11 is 0. The molecule has 2 atom stereocenters. The Bertz CT molecular complexity index is 297. The Morgan fingerprint density at radius 1 is 1.29 bits per heavy atom. The zero-order valence-corrected chi connectivity index (χ0v) is 14.8. The van der Waals surface area contributed by atoms with E-state index >= 15 is 0 Å². The van der Waals surface area contributed by atoms with Crippen LogP contribution in [0.2, 0.25) is 0 Å². The molecule has 2 N–H and O–H groups in total. The van der Waals surface area contributed by atoms with Gasteiger partial charge in [-0.3, -0.25) is 9.69 Å². The molecule has 2 unspecified atom stereocenters. The number of nitrogens with zero attached hydrogens (tertiary/aromatic N) is 2. The lowest BCUT2D eigenvalue weighted by atomic mass is 9.90. The zero-order valence-electron chi connectivity index (χ0n) is 14.8. The highest BCUT2D eigenvalue weighted by atomic mass is 16.4. The first kappa shape index (κ1) is 20.3. The van der Waals surface area contributed by atoms with Gasteiger partial charge in [-0.15, -0.1) is 0 Å². The second-order valence-electron chi connectivity index (χ2n) is 6.11. The van der Waals surface area contributed by atoms with Crippen molar-refractivity contribution in [2.75, 3.05) is 40.3 Å². The Morgan fingerprint density at radius 3 is 2.29 bits per heavy atom. The molecule has 0 aromatic rings. The van der Waals surface area contributed by atoms with Crippen LogP contribution in [0.4, 0.5) is 0 Å². The molecule has 0 aliphatic rings. The van der Waals surface area contributed by atoms with Crippen LogP contribution in [0.1, 0.15) is 47.0 Å². The van der Waals surface area contributed by atoms with E-state index in [1.54, 1.807) is 0 Å². The number of likely N-dealkylation sites (N-methyl/N-ethyl adjacent to an activating group) is 3. The van der Waals surface area contributed by atoms with Crippen molar-refractivity contribution < 1.29 is 9.90 Å². The number of hydrogen-bond donors (Lipinski definition) is 2. The lowest BCUT2D eigenvalue weighted by Gasteiger charge is -2.33. The third-order valence-electron chi connectivity index (χ3n) is 4.24. The summed E-state index contributed by atoms with van der Waals surface area (Å²) < 4.78 is 0. The molecule has 126 valence electrons. The highest BCUT2D eigenvalue weighted by molar-refractivity contribution is 5.78. The molecule has 0 spiro atoms. The molecule has 21 heavy (non-hydrogen) atoms. The molecule has 0 aromatic carbocycles. The first-order chi connectivity index (χ1) is 9.82. The van der Waals surface area contributed by atoms with Gasteiger partial charge in [0.25, 0.3) is 0 Å². The van der Waals surface area contributed by atoms with E-state index in [9.17, 15) is 9.90 Å². The predicted molar refractivity (Wildman–Crippen MR) is 88.8 cm³/mol. The van der Waals surface area contributed by atoms with Crippen molar-refractivity contribution >= 4 is 5.97 Å². The number of aliphatic carboxylic acids is 1. The second kappa shape index (κ2) is 10.1. The van der Waals surface area contributed by atoms with Gasteiger partial charge < -0.3 is 15.3 Å². The first-order valence-electron chi connectivity index (χ1n) is 8.20. The Labute approximate surface area is 130 Å². The summed E-state index contributed by atoms with van der Waals surface area (Å²) in [6.45, 7) is 12.0. The number of carboxylic acids is 1. The summed E-state index contributed by atoms with van der Waals surface area (Å²) in [6, 6.07) is 0.491. The molecule has 0 bridgehead atoms. The van der Waals surface area contributed by atoms with Gasteiger partial charge in [0.05, 0.1) is 0 Å². The van der Waals surface area contributed by atoms with Crippen LogP contribution in [0.3, 0.4) is 0 Å². The van der Waals surface area contributed by atoms with Gasteiger partial charge in [-0.1, -0.05) is 20.8 Å². The average molecular weight is 301 g/mol. The van der Waals surface area contributed by atoms with Crippen molar-refractivity contribution in [3.63, 3.8) is 0 Å². The van der Waals surface area contributed by atoms with Gasteiger partial charge in [0, 0.05) is 12.6 Å². The standard InChI is InChI=1S/C16H35N3O2/c1-7-16(15(20)21,17-8-2)11-10-12-19(9-3)14(4)13-18(5)6/h14,17H,7-13H2,1-6H3,(H,20,21). The van der Waals surface area contributed by atoms with Gasteiger partial charge in [0.2, 0.25) is 0 Å². The van der Waals surface area contributed by atoms with Crippen LogP contribution in [0.5, 0.6) is 0 Å². The van der Waals surface area contributed by atoms with E-state index in [0.29, 0.717) is 25.4 Å². The molecule has 0 saturated heterocycles. The van der Waals surface area contributed by atoms with Gasteiger partial charge in [-0.25, -0.2) is 0 Å². The SMILES string of the molecule is CCNC(CC)(CCCN(CC)C(C)CN(C)C)C(=O)O. The summed E-state index contributed by atoms with van der Waals surface area (Å²) in [5.74, 6) is -0.726. The molecule has 0 aliphatic carbocycles. The van der Waals surface area contributed by atoms with E-state index in [1.165, 1.54) is 0 Å². The van der Waals surface area contributed by atoms with E-state index in [2.05, 4.69) is 43.1 Å². The fourth-order valence-corrected chi connectivity index (χ4v) is 2.98. The summed E-state index contributed by atoms with van der Waals surface area (Å²) in [6.07, 6.45) is 2.20. The molecule has 5 heteroatoms. The molecule has 0 aliphatic heterocycles.